The number of hydrogen-bond acceptors (Lipinski definition) is 3. The van der Waals surface area contributed by atoms with Crippen LogP contribution in [0.5, 0.6) is 0 Å². The van der Waals surface area contributed by atoms with Crippen LogP contribution < -0.4 is 0 Å². The van der Waals surface area contributed by atoms with E-state index < -0.39 is 5.97 Å². The number of carboxylic acid groups (broad SMARTS) is 1. The molecular formula is C20H33NO4. The average Bonchev–Trinajstić information content (AvgIpc) is 2.56. The van der Waals surface area contributed by atoms with E-state index >= 15 is 0 Å². The van der Waals surface area contributed by atoms with Crippen LogP contribution in [-0.4, -0.2) is 16.0 Å². The molecule has 0 saturated heterocycles. The predicted octanol–water partition coefficient (Wildman–Crippen LogP) is 6.05. The monoisotopic (exact) mass is 351 g/mol. The van der Waals surface area contributed by atoms with Crippen molar-refractivity contribution in [3.63, 3.8) is 0 Å². The van der Waals surface area contributed by atoms with E-state index in [2.05, 4.69) is 19.1 Å². The summed E-state index contributed by atoms with van der Waals surface area (Å²) in [6, 6.07) is 0. The Bertz CT molecular complexity index is 453. The van der Waals surface area contributed by atoms with Crippen LogP contribution in [0.25, 0.3) is 0 Å². The van der Waals surface area contributed by atoms with Crippen LogP contribution in [0.2, 0.25) is 0 Å². The first-order chi connectivity index (χ1) is 12.1. The van der Waals surface area contributed by atoms with Gasteiger partial charge in [-0.05, 0) is 44.6 Å². The van der Waals surface area contributed by atoms with Crippen LogP contribution in [0.4, 0.5) is 0 Å². The van der Waals surface area contributed by atoms with E-state index in [1.807, 2.05) is 12.2 Å². The smallest absolute Gasteiger partial charge is 0.303 e. The molecule has 25 heavy (non-hydrogen) atoms. The quantitative estimate of drug-likeness (QED) is 0.159. The lowest BCUT2D eigenvalue weighted by Gasteiger charge is -1.98. The number of nitrogens with zero attached hydrogens (tertiary/aromatic N) is 1. The molecule has 0 radical (unpaired) electrons. The molecule has 0 aromatic heterocycles. The molecule has 0 aliphatic rings. The molecule has 0 fully saturated rings. The van der Waals surface area contributed by atoms with Crippen LogP contribution in [0.1, 0.15) is 84.0 Å². The van der Waals surface area contributed by atoms with Gasteiger partial charge in [-0.1, -0.05) is 56.9 Å². The Kier molecular flexibility index (Phi) is 15.6. The molecular weight excluding hydrogens is 318 g/mol. The van der Waals surface area contributed by atoms with E-state index in [4.69, 9.17) is 5.11 Å². The van der Waals surface area contributed by atoms with Gasteiger partial charge in [0.05, 0.1) is 11.3 Å². The van der Waals surface area contributed by atoms with E-state index in [9.17, 15) is 14.9 Å². The van der Waals surface area contributed by atoms with E-state index in [0.717, 1.165) is 64.2 Å². The highest BCUT2D eigenvalue weighted by molar-refractivity contribution is 5.66. The molecule has 5 nitrogen and oxygen atoms in total. The summed E-state index contributed by atoms with van der Waals surface area (Å²) in [6.45, 7) is 2.07. The lowest BCUT2D eigenvalue weighted by atomic mass is 10.1. The zero-order valence-corrected chi connectivity index (χ0v) is 15.5. The third-order valence-electron chi connectivity index (χ3n) is 3.87. The van der Waals surface area contributed by atoms with Gasteiger partial charge in [-0.15, -0.1) is 0 Å². The van der Waals surface area contributed by atoms with Crippen molar-refractivity contribution >= 4 is 5.97 Å². The van der Waals surface area contributed by atoms with E-state index in [1.165, 1.54) is 0 Å². The summed E-state index contributed by atoms with van der Waals surface area (Å²) in [5.41, 5.74) is 0.288. The highest BCUT2D eigenvalue weighted by Crippen LogP contribution is 2.09. The maximum Gasteiger partial charge on any atom is 0.303 e. The first kappa shape index (κ1) is 23.1. The fourth-order valence-electron chi connectivity index (χ4n) is 2.37. The molecule has 0 bridgehead atoms. The standard InChI is InChI=1S/C20H33NO4/c1-2-3-13-16-19(21(24)25)17-14-11-9-7-5-4-6-8-10-12-15-18-20(22)23/h5,7,11,14,16H,2-4,6,8-10,12-13,15,17-18H2,1H3,(H,22,23)/b7-5-,14-11-,19-16-. The number of unbranched alkanes of at least 4 members (excludes halogenated alkanes) is 7. The zero-order valence-electron chi connectivity index (χ0n) is 15.5. The first-order valence-electron chi connectivity index (χ1n) is 9.43. The van der Waals surface area contributed by atoms with Crippen LogP contribution in [-0.2, 0) is 4.79 Å². The molecule has 0 heterocycles. The maximum absolute atomic E-state index is 10.9. The van der Waals surface area contributed by atoms with E-state index in [1.54, 1.807) is 6.08 Å². The van der Waals surface area contributed by atoms with Crippen LogP contribution in [0.3, 0.4) is 0 Å². The summed E-state index contributed by atoms with van der Waals surface area (Å²) in [5, 5.41) is 19.4. The second-order valence-electron chi connectivity index (χ2n) is 6.18. The average molecular weight is 351 g/mol. The summed E-state index contributed by atoms with van der Waals surface area (Å²) < 4.78 is 0. The lowest BCUT2D eigenvalue weighted by molar-refractivity contribution is -0.427. The van der Waals surface area contributed by atoms with Crippen LogP contribution in [0.15, 0.2) is 36.1 Å². The second kappa shape index (κ2) is 16.9. The Morgan fingerprint density at radius 2 is 1.64 bits per heavy atom. The summed E-state index contributed by atoms with van der Waals surface area (Å²) in [6.07, 6.45) is 20.2. The van der Waals surface area contributed by atoms with Gasteiger partial charge in [-0.25, -0.2) is 0 Å². The third-order valence-corrected chi connectivity index (χ3v) is 3.87. The van der Waals surface area contributed by atoms with Gasteiger partial charge in [0.1, 0.15) is 0 Å². The molecule has 0 aromatic carbocycles. The van der Waals surface area contributed by atoms with Gasteiger partial charge in [0.2, 0.25) is 5.70 Å². The first-order valence-corrected chi connectivity index (χ1v) is 9.43. The summed E-state index contributed by atoms with van der Waals surface area (Å²) in [4.78, 5) is 21.0. The van der Waals surface area contributed by atoms with Crippen molar-refractivity contribution in [2.24, 2.45) is 0 Å². The number of carbonyl (C=O) groups is 1. The molecule has 0 unspecified atom stereocenters. The molecule has 0 aliphatic carbocycles. The number of nitro groups is 1. The Balaban J connectivity index is 3.68. The highest BCUT2D eigenvalue weighted by Gasteiger charge is 2.06. The predicted molar refractivity (Wildman–Crippen MR) is 102 cm³/mol. The SMILES string of the molecule is CCCC/C=C(/C/C=C\C/C=C\CCCCCCCC(=O)O)[N+](=O)[O-]. The Hall–Kier alpha value is -1.91. The lowest BCUT2D eigenvalue weighted by Crippen LogP contribution is -1.97. The van der Waals surface area contributed by atoms with E-state index in [-0.39, 0.29) is 17.0 Å². The number of hydrogen-bond donors (Lipinski definition) is 1. The molecule has 0 aliphatic heterocycles. The molecule has 1 N–H and O–H groups in total. The van der Waals surface area contributed by atoms with Gasteiger partial charge >= 0.3 is 5.97 Å². The van der Waals surface area contributed by atoms with Crippen molar-refractivity contribution in [2.75, 3.05) is 0 Å². The van der Waals surface area contributed by atoms with Gasteiger partial charge < -0.3 is 5.11 Å². The molecule has 0 rings (SSSR count). The van der Waals surface area contributed by atoms with Crippen LogP contribution in [0, 0.1) is 10.1 Å². The van der Waals surface area contributed by atoms with Crippen molar-refractivity contribution in [3.05, 3.63) is 46.2 Å². The summed E-state index contributed by atoms with van der Waals surface area (Å²) in [5.74, 6) is -0.710. The van der Waals surface area contributed by atoms with Crippen molar-refractivity contribution in [1.29, 1.82) is 0 Å². The topological polar surface area (TPSA) is 80.4 Å². The third kappa shape index (κ3) is 16.7. The van der Waals surface area contributed by atoms with E-state index in [0.29, 0.717) is 6.42 Å². The number of rotatable bonds is 16. The zero-order chi connectivity index (χ0) is 18.8. The molecule has 142 valence electrons. The van der Waals surface area contributed by atoms with Gasteiger partial charge in [-0.2, -0.15) is 0 Å². The minimum Gasteiger partial charge on any atom is -0.481 e. The molecule has 5 heteroatoms. The molecule has 0 aromatic rings. The Labute approximate surface area is 151 Å². The molecule has 0 amide bonds. The maximum atomic E-state index is 10.9. The van der Waals surface area contributed by atoms with Gasteiger partial charge in [0.25, 0.3) is 0 Å². The van der Waals surface area contributed by atoms with Crippen molar-refractivity contribution in [2.45, 2.75) is 84.0 Å². The minimum absolute atomic E-state index is 0.276. The molecule has 0 atom stereocenters. The highest BCUT2D eigenvalue weighted by atomic mass is 16.6. The van der Waals surface area contributed by atoms with Crippen LogP contribution >= 0.6 is 0 Å². The Morgan fingerprint density at radius 3 is 2.32 bits per heavy atom. The fraction of sp³-hybridized carbons (Fsp3) is 0.650. The fourth-order valence-corrected chi connectivity index (χ4v) is 2.37. The van der Waals surface area contributed by atoms with Crippen molar-refractivity contribution in [3.8, 4) is 0 Å². The normalized spacial score (nSPS) is 12.3. The molecule has 0 spiro atoms. The van der Waals surface area contributed by atoms with Crippen molar-refractivity contribution in [1.82, 2.24) is 0 Å². The number of allylic oxidation sites excluding steroid dienone is 5. The second-order valence-corrected chi connectivity index (χ2v) is 6.18. The van der Waals surface area contributed by atoms with Gasteiger partial charge in [0.15, 0.2) is 0 Å². The minimum atomic E-state index is -0.710. The number of carboxylic acids is 1. The van der Waals surface area contributed by atoms with Gasteiger partial charge in [-0.3, -0.25) is 14.9 Å². The Morgan fingerprint density at radius 1 is 0.960 bits per heavy atom. The largest absolute Gasteiger partial charge is 0.481 e. The molecule has 0 saturated carbocycles. The van der Waals surface area contributed by atoms with Crippen molar-refractivity contribution < 1.29 is 14.8 Å². The summed E-state index contributed by atoms with van der Waals surface area (Å²) in [7, 11) is 0. The number of aliphatic carboxylic acids is 1. The van der Waals surface area contributed by atoms with Gasteiger partial charge in [0, 0.05) is 6.42 Å². The summed E-state index contributed by atoms with van der Waals surface area (Å²) >= 11 is 0.